The van der Waals surface area contributed by atoms with E-state index in [2.05, 4.69) is 0 Å². The van der Waals surface area contributed by atoms with E-state index in [1.165, 1.54) is 0 Å². The number of hydrogen-bond acceptors (Lipinski definition) is 7. The Kier molecular flexibility index (Phi) is 4.77. The minimum atomic E-state index is -1.22. The molecule has 2 heterocycles. The molecule has 1 N–H and O–H groups in total. The minimum Gasteiger partial charge on any atom is -0.493 e. The first-order valence-electron chi connectivity index (χ1n) is 7.84. The van der Waals surface area contributed by atoms with Gasteiger partial charge in [0.1, 0.15) is 11.9 Å². The van der Waals surface area contributed by atoms with Gasteiger partial charge >= 0.3 is 7.12 Å². The monoisotopic (exact) mass is 337 g/mol. The average Bonchev–Trinajstić information content (AvgIpc) is 2.82. The highest BCUT2D eigenvalue weighted by Crippen LogP contribution is 2.28. The minimum absolute atomic E-state index is 0.0721. The molecule has 0 bridgehead atoms. The smallest absolute Gasteiger partial charge is 0.493 e. The molecule has 1 unspecified atom stereocenters. The lowest BCUT2D eigenvalue weighted by Crippen LogP contribution is -2.41. The standard InChI is InChI=1S/C15H20BNO7/c1-15(2)22-8-10(9-23-15)7-21-12-5-3-4-11-13(6-17(19)20)24-16(18)14(11)12/h3-5,10,13,18H,6-9H2,1-2H3. The maximum absolute atomic E-state index is 10.7. The Balaban J connectivity index is 1.67. The molecule has 0 radical (unpaired) electrons. The van der Waals surface area contributed by atoms with Crippen molar-refractivity contribution in [3.05, 3.63) is 33.9 Å². The number of nitro groups is 1. The topological polar surface area (TPSA) is 100 Å². The van der Waals surface area contributed by atoms with Crippen molar-refractivity contribution >= 4 is 12.6 Å². The summed E-state index contributed by atoms with van der Waals surface area (Å²) in [6.45, 7) is 4.72. The van der Waals surface area contributed by atoms with E-state index in [1.807, 2.05) is 13.8 Å². The molecule has 1 aromatic rings. The lowest BCUT2D eigenvalue weighted by Gasteiger charge is -2.34. The van der Waals surface area contributed by atoms with E-state index in [0.717, 1.165) is 0 Å². The average molecular weight is 337 g/mol. The molecule has 130 valence electrons. The van der Waals surface area contributed by atoms with Crippen molar-refractivity contribution in [2.75, 3.05) is 26.4 Å². The quantitative estimate of drug-likeness (QED) is 0.474. The van der Waals surface area contributed by atoms with Crippen molar-refractivity contribution in [3.8, 4) is 5.75 Å². The molecular formula is C15H20BNO7. The van der Waals surface area contributed by atoms with Crippen LogP contribution in [0.4, 0.5) is 0 Å². The number of hydrogen-bond donors (Lipinski definition) is 1. The Hall–Kier alpha value is -1.68. The molecule has 0 spiro atoms. The maximum Gasteiger partial charge on any atom is 0.496 e. The van der Waals surface area contributed by atoms with Crippen molar-refractivity contribution in [2.24, 2.45) is 5.92 Å². The van der Waals surface area contributed by atoms with E-state index < -0.39 is 30.5 Å². The summed E-state index contributed by atoms with van der Waals surface area (Å²) in [4.78, 5) is 10.3. The number of benzene rings is 1. The third-order valence-corrected chi connectivity index (χ3v) is 4.11. The van der Waals surface area contributed by atoms with Crippen LogP contribution in [0.3, 0.4) is 0 Å². The van der Waals surface area contributed by atoms with Crippen molar-refractivity contribution in [2.45, 2.75) is 25.7 Å². The number of ether oxygens (including phenoxy) is 3. The lowest BCUT2D eigenvalue weighted by atomic mass is 9.78. The van der Waals surface area contributed by atoms with Gasteiger partial charge in [0.15, 0.2) is 5.79 Å². The molecule has 24 heavy (non-hydrogen) atoms. The van der Waals surface area contributed by atoms with Crippen LogP contribution in [0.2, 0.25) is 0 Å². The molecule has 8 nitrogen and oxygen atoms in total. The van der Waals surface area contributed by atoms with Crippen LogP contribution in [0.5, 0.6) is 5.75 Å². The molecule has 1 atom stereocenters. The van der Waals surface area contributed by atoms with Crippen molar-refractivity contribution in [1.29, 1.82) is 0 Å². The van der Waals surface area contributed by atoms with E-state index in [4.69, 9.17) is 18.9 Å². The summed E-state index contributed by atoms with van der Waals surface area (Å²) < 4.78 is 22.3. The molecule has 0 aromatic heterocycles. The summed E-state index contributed by atoms with van der Waals surface area (Å²) in [6, 6.07) is 5.16. The Morgan fingerprint density at radius 2 is 2.12 bits per heavy atom. The summed E-state index contributed by atoms with van der Waals surface area (Å²) in [5.41, 5.74) is 1.05. The fourth-order valence-electron chi connectivity index (χ4n) is 2.84. The molecule has 1 saturated heterocycles. The first-order valence-corrected chi connectivity index (χ1v) is 7.84. The normalized spacial score (nSPS) is 23.1. The summed E-state index contributed by atoms with van der Waals surface area (Å²) in [7, 11) is -1.22. The summed E-state index contributed by atoms with van der Waals surface area (Å²) in [5.74, 6) is -0.0387. The second-order valence-corrected chi connectivity index (χ2v) is 6.45. The number of fused-ring (bicyclic) bond motifs is 1. The highest BCUT2D eigenvalue weighted by Gasteiger charge is 2.40. The summed E-state index contributed by atoms with van der Waals surface area (Å²) in [6.07, 6.45) is -0.768. The van der Waals surface area contributed by atoms with Gasteiger partial charge in [-0.15, -0.1) is 0 Å². The van der Waals surface area contributed by atoms with E-state index in [0.29, 0.717) is 36.6 Å². The first kappa shape index (κ1) is 17.2. The third kappa shape index (κ3) is 3.69. The Labute approximate surface area is 139 Å². The van der Waals surface area contributed by atoms with E-state index >= 15 is 0 Å². The fraction of sp³-hybridized carbons (Fsp3) is 0.600. The van der Waals surface area contributed by atoms with Gasteiger partial charge in [0.05, 0.1) is 19.8 Å². The van der Waals surface area contributed by atoms with E-state index in [9.17, 15) is 15.1 Å². The zero-order chi connectivity index (χ0) is 17.3. The Bertz CT molecular complexity index is 614. The van der Waals surface area contributed by atoms with Gasteiger partial charge in [-0.3, -0.25) is 10.1 Å². The van der Waals surface area contributed by atoms with Gasteiger partial charge < -0.3 is 23.9 Å². The molecule has 2 aliphatic heterocycles. The Morgan fingerprint density at radius 1 is 1.42 bits per heavy atom. The zero-order valence-electron chi connectivity index (χ0n) is 13.6. The second kappa shape index (κ2) is 6.68. The predicted molar refractivity (Wildman–Crippen MR) is 84.7 cm³/mol. The highest BCUT2D eigenvalue weighted by atomic mass is 16.7. The van der Waals surface area contributed by atoms with Gasteiger partial charge in [-0.25, -0.2) is 0 Å². The van der Waals surface area contributed by atoms with Gasteiger partial charge in [0.25, 0.3) is 0 Å². The SMILES string of the molecule is CC1(C)OCC(COc2cccc3c2B(O)OC3C[N+](=O)[O-])CO1. The van der Waals surface area contributed by atoms with E-state index in [-0.39, 0.29) is 5.92 Å². The molecule has 0 amide bonds. The van der Waals surface area contributed by atoms with Gasteiger partial charge in [-0.05, 0) is 25.5 Å². The van der Waals surface area contributed by atoms with Crippen molar-refractivity contribution in [1.82, 2.24) is 0 Å². The molecular weight excluding hydrogens is 317 g/mol. The van der Waals surface area contributed by atoms with Crippen LogP contribution in [0, 0.1) is 16.0 Å². The van der Waals surface area contributed by atoms with Crippen LogP contribution < -0.4 is 10.2 Å². The van der Waals surface area contributed by atoms with Crippen LogP contribution in [0.1, 0.15) is 25.5 Å². The first-order chi connectivity index (χ1) is 11.4. The van der Waals surface area contributed by atoms with Gasteiger partial charge in [0, 0.05) is 16.3 Å². The molecule has 0 saturated carbocycles. The largest absolute Gasteiger partial charge is 0.496 e. The zero-order valence-corrected chi connectivity index (χ0v) is 13.6. The lowest BCUT2D eigenvalue weighted by molar-refractivity contribution is -0.490. The second-order valence-electron chi connectivity index (χ2n) is 6.45. The fourth-order valence-corrected chi connectivity index (χ4v) is 2.84. The maximum atomic E-state index is 10.7. The van der Waals surface area contributed by atoms with E-state index in [1.54, 1.807) is 18.2 Å². The van der Waals surface area contributed by atoms with Crippen LogP contribution in [0.15, 0.2) is 18.2 Å². The highest BCUT2D eigenvalue weighted by molar-refractivity contribution is 6.62. The van der Waals surface area contributed by atoms with Gasteiger partial charge in [-0.2, -0.15) is 0 Å². The van der Waals surface area contributed by atoms with Gasteiger partial charge in [0.2, 0.25) is 6.54 Å². The summed E-state index contributed by atoms with van der Waals surface area (Å²) >= 11 is 0. The third-order valence-electron chi connectivity index (χ3n) is 4.11. The Morgan fingerprint density at radius 3 is 2.79 bits per heavy atom. The van der Waals surface area contributed by atoms with Crippen LogP contribution in [0.25, 0.3) is 0 Å². The molecule has 1 aromatic carbocycles. The van der Waals surface area contributed by atoms with Crippen LogP contribution >= 0.6 is 0 Å². The molecule has 1 fully saturated rings. The predicted octanol–water partition coefficient (Wildman–Crippen LogP) is 0.500. The molecule has 0 aliphatic carbocycles. The van der Waals surface area contributed by atoms with Gasteiger partial charge in [-0.1, -0.05) is 12.1 Å². The van der Waals surface area contributed by atoms with Crippen LogP contribution in [-0.2, 0) is 14.1 Å². The van der Waals surface area contributed by atoms with Crippen LogP contribution in [-0.4, -0.2) is 49.2 Å². The van der Waals surface area contributed by atoms with Crippen molar-refractivity contribution in [3.63, 3.8) is 0 Å². The molecule has 9 heteroatoms. The number of rotatable bonds is 5. The molecule has 3 rings (SSSR count). The molecule has 2 aliphatic rings. The summed E-state index contributed by atoms with van der Waals surface area (Å²) in [5, 5.41) is 20.8. The van der Waals surface area contributed by atoms with Crippen molar-refractivity contribution < 1.29 is 28.8 Å². The number of nitrogens with zero attached hydrogens (tertiary/aromatic N) is 1.